The quantitative estimate of drug-likeness (QED) is 0.317. The van der Waals surface area contributed by atoms with E-state index in [9.17, 15) is 36.2 Å². The predicted molar refractivity (Wildman–Crippen MR) is 118 cm³/mol. The van der Waals surface area contributed by atoms with E-state index in [1.54, 1.807) is 0 Å². The van der Waals surface area contributed by atoms with Gasteiger partial charge in [-0.3, -0.25) is 9.20 Å². The Hall–Kier alpha value is -4.20. The van der Waals surface area contributed by atoms with Crippen LogP contribution in [0.25, 0.3) is 16.8 Å². The molecule has 0 aliphatic heterocycles. The number of carbonyl (C=O) groups excluding carboxylic acids is 1. The maximum atomic E-state index is 15.2. The number of aryl methyl sites for hydroxylation is 1. The molecule has 7 nitrogen and oxygen atoms in total. The number of rotatable bonds is 4. The van der Waals surface area contributed by atoms with Gasteiger partial charge in [-0.15, -0.1) is 0 Å². The molecule has 0 bridgehead atoms. The lowest BCUT2D eigenvalue weighted by atomic mass is 10.0. The lowest BCUT2D eigenvalue weighted by Crippen LogP contribution is -2.21. The first-order valence-corrected chi connectivity index (χ1v) is 10.1. The number of amides is 1. The number of nitrogen functional groups attached to an aromatic ring is 1. The lowest BCUT2D eigenvalue weighted by molar-refractivity contribution is -0.142. The van der Waals surface area contributed by atoms with Crippen LogP contribution >= 0.6 is 0 Å². The second-order valence-electron chi connectivity index (χ2n) is 7.70. The first kappa shape index (κ1) is 22.0. The van der Waals surface area contributed by atoms with Crippen molar-refractivity contribution in [3.05, 3.63) is 77.1 Å². The number of nitrogens with zero attached hydrogens (tertiary/aromatic N) is 3. The van der Waals surface area contributed by atoms with Crippen molar-refractivity contribution in [2.24, 2.45) is 0 Å². The Balaban J connectivity index is 1.72. The number of alkyl halides is 6. The maximum absolute atomic E-state index is 15.2. The molecule has 4 aromatic rings. The lowest BCUT2D eigenvalue weighted by Gasteiger charge is -2.14. The summed E-state index contributed by atoms with van der Waals surface area (Å²) in [6.45, 7) is -3.18. The smallest absolute Gasteiger partial charge is 0.382 e. The molecule has 4 rings (SSSR count). The zero-order valence-electron chi connectivity index (χ0n) is 21.1. The summed E-state index contributed by atoms with van der Waals surface area (Å²) >= 11 is 0. The van der Waals surface area contributed by atoms with Crippen molar-refractivity contribution >= 4 is 22.9 Å². The van der Waals surface area contributed by atoms with E-state index in [0.29, 0.717) is 18.3 Å². The van der Waals surface area contributed by atoms with Crippen molar-refractivity contribution in [2.75, 3.05) is 11.1 Å². The van der Waals surface area contributed by atoms with Crippen LogP contribution in [0.15, 0.2) is 48.7 Å². The van der Waals surface area contributed by atoms with E-state index in [4.69, 9.17) is 9.85 Å². The number of aliphatic hydroxyl groups excluding tert-OH is 1. The number of hydrogen-bond acceptors (Lipinski definition) is 5. The van der Waals surface area contributed by atoms with Gasteiger partial charge in [0.1, 0.15) is 34.4 Å². The van der Waals surface area contributed by atoms with Crippen LogP contribution in [0, 0.1) is 12.7 Å². The third-order valence-electron chi connectivity index (χ3n) is 5.25. The number of benzene rings is 2. The minimum absolute atomic E-state index is 0.227. The number of nitrogens with one attached hydrogen (secondary N) is 1. The third-order valence-corrected chi connectivity index (χ3v) is 5.25. The molecule has 0 unspecified atom stereocenters. The van der Waals surface area contributed by atoms with Crippen molar-refractivity contribution in [3.8, 4) is 11.3 Å². The zero-order valence-corrected chi connectivity index (χ0v) is 18.1. The average molecular weight is 530 g/mol. The van der Waals surface area contributed by atoms with Gasteiger partial charge in [0.25, 0.3) is 5.91 Å². The van der Waals surface area contributed by atoms with Crippen molar-refractivity contribution in [1.82, 2.24) is 14.4 Å². The summed E-state index contributed by atoms with van der Waals surface area (Å²) in [5, 5.41) is 12.3. The third kappa shape index (κ3) is 4.91. The molecule has 194 valence electrons. The SMILES string of the molecule is [2H]C([2H])([2H])c1nc(-c2ccc(NC(=O)[C@@H](O)c3cccc(C(F)(F)F)c3)cc2F)c2c(N)ncc(C(F)(F)F)n12. The summed E-state index contributed by atoms with van der Waals surface area (Å²) in [6.07, 6.45) is -11.6. The Morgan fingerprint density at radius 2 is 1.86 bits per heavy atom. The largest absolute Gasteiger partial charge is 0.433 e. The van der Waals surface area contributed by atoms with E-state index in [0.717, 1.165) is 30.3 Å². The molecular weight excluding hydrogens is 511 g/mol. The van der Waals surface area contributed by atoms with E-state index in [1.807, 2.05) is 0 Å². The molecule has 14 heteroatoms. The van der Waals surface area contributed by atoms with E-state index in [2.05, 4.69) is 15.3 Å². The van der Waals surface area contributed by atoms with Crippen LogP contribution < -0.4 is 11.1 Å². The Morgan fingerprint density at radius 1 is 1.14 bits per heavy atom. The number of anilines is 2. The first-order chi connectivity index (χ1) is 18.4. The maximum Gasteiger partial charge on any atom is 0.433 e. The molecule has 0 aliphatic rings. The number of hydrogen-bond donors (Lipinski definition) is 3. The number of halogens is 7. The van der Waals surface area contributed by atoms with Crippen LogP contribution in [0.2, 0.25) is 0 Å². The van der Waals surface area contributed by atoms with E-state index in [1.165, 1.54) is 0 Å². The molecule has 1 atom stereocenters. The fourth-order valence-corrected chi connectivity index (χ4v) is 3.56. The molecule has 4 N–H and O–H groups in total. The Morgan fingerprint density at radius 3 is 2.49 bits per heavy atom. The van der Waals surface area contributed by atoms with Crippen LogP contribution in [0.3, 0.4) is 0 Å². The minimum Gasteiger partial charge on any atom is -0.382 e. The van der Waals surface area contributed by atoms with Crippen molar-refractivity contribution in [2.45, 2.75) is 25.3 Å². The number of aliphatic hydroxyl groups is 1. The molecule has 0 fully saturated rings. The van der Waals surface area contributed by atoms with Gasteiger partial charge in [0.05, 0.1) is 11.8 Å². The Labute approximate surface area is 207 Å². The Kier molecular flexibility index (Phi) is 5.38. The number of aromatic nitrogens is 3. The summed E-state index contributed by atoms with van der Waals surface area (Å²) in [6, 6.07) is 6.04. The van der Waals surface area contributed by atoms with Gasteiger partial charge in [0.15, 0.2) is 6.10 Å². The van der Waals surface area contributed by atoms with Gasteiger partial charge in [-0.2, -0.15) is 26.3 Å². The van der Waals surface area contributed by atoms with Crippen molar-refractivity contribution < 1.29 is 44.7 Å². The fourth-order valence-electron chi connectivity index (χ4n) is 3.56. The van der Waals surface area contributed by atoms with E-state index >= 15 is 4.39 Å². The van der Waals surface area contributed by atoms with Gasteiger partial charge in [-0.05, 0) is 42.7 Å². The topological polar surface area (TPSA) is 106 Å². The predicted octanol–water partition coefficient (Wildman–Crippen LogP) is 5.14. The molecule has 2 aromatic heterocycles. The van der Waals surface area contributed by atoms with Gasteiger partial charge >= 0.3 is 12.4 Å². The summed E-state index contributed by atoms with van der Waals surface area (Å²) < 4.78 is 118. The van der Waals surface area contributed by atoms with Gasteiger partial charge in [0, 0.05) is 15.4 Å². The van der Waals surface area contributed by atoms with Gasteiger partial charge in [-0.1, -0.05) is 12.1 Å². The first-order valence-electron chi connectivity index (χ1n) is 11.6. The average Bonchev–Trinajstić information content (AvgIpc) is 3.24. The summed E-state index contributed by atoms with van der Waals surface area (Å²) in [5.74, 6) is -4.04. The standard InChI is InChI=1S/C23H16F7N5O2/c1-10-33-17(18-20(31)32-9-16(35(10)18)23(28,29)30)14-6-5-13(8-15(14)24)34-21(37)19(36)11-3-2-4-12(7-11)22(25,26)27/h2-9,19,36H,1H3,(H2,31,32)(H,34,37)/t19-/m0/s1/i1D3. The highest BCUT2D eigenvalue weighted by atomic mass is 19.4. The van der Waals surface area contributed by atoms with E-state index in [-0.39, 0.29) is 10.1 Å². The molecular formula is C23H16F7N5O2. The monoisotopic (exact) mass is 530 g/mol. The van der Waals surface area contributed by atoms with Crippen molar-refractivity contribution in [3.63, 3.8) is 0 Å². The second-order valence-corrected chi connectivity index (χ2v) is 7.70. The molecule has 2 aromatic carbocycles. The molecule has 0 aliphatic carbocycles. The van der Waals surface area contributed by atoms with Gasteiger partial charge in [0.2, 0.25) is 0 Å². The van der Waals surface area contributed by atoms with Gasteiger partial charge in [-0.25, -0.2) is 14.4 Å². The van der Waals surface area contributed by atoms with Crippen LogP contribution in [0.1, 0.15) is 32.9 Å². The minimum atomic E-state index is -5.08. The number of fused-ring (bicyclic) bond motifs is 1. The summed E-state index contributed by atoms with van der Waals surface area (Å²) in [5.41, 5.74) is 0.704. The highest BCUT2D eigenvalue weighted by Gasteiger charge is 2.36. The highest BCUT2D eigenvalue weighted by molar-refractivity contribution is 5.95. The van der Waals surface area contributed by atoms with Crippen LogP contribution in [-0.2, 0) is 17.1 Å². The van der Waals surface area contributed by atoms with Gasteiger partial charge < -0.3 is 16.2 Å². The van der Waals surface area contributed by atoms with Crippen molar-refractivity contribution in [1.29, 1.82) is 0 Å². The van der Waals surface area contributed by atoms with Crippen LogP contribution in [0.5, 0.6) is 0 Å². The number of carbonyl (C=O) groups is 1. The summed E-state index contributed by atoms with van der Waals surface area (Å²) in [7, 11) is 0. The number of nitrogens with two attached hydrogens (primary N) is 1. The Bertz CT molecular complexity index is 1620. The van der Waals surface area contributed by atoms with Crippen LogP contribution in [0.4, 0.5) is 42.2 Å². The van der Waals surface area contributed by atoms with Crippen LogP contribution in [-0.4, -0.2) is 25.4 Å². The zero-order chi connectivity index (χ0) is 29.8. The molecule has 1 amide bonds. The molecule has 2 heterocycles. The molecule has 0 spiro atoms. The normalized spacial score (nSPS) is 14.6. The molecule has 37 heavy (non-hydrogen) atoms. The molecule has 0 saturated heterocycles. The fraction of sp³-hybridized carbons (Fsp3) is 0.174. The highest BCUT2D eigenvalue weighted by Crippen LogP contribution is 2.36. The summed E-state index contributed by atoms with van der Waals surface area (Å²) in [4.78, 5) is 19.6. The second kappa shape index (κ2) is 9.03. The molecule has 0 saturated carbocycles. The number of imidazole rings is 1. The molecule has 0 radical (unpaired) electrons. The van der Waals surface area contributed by atoms with E-state index < -0.39 is 82.3 Å².